The highest BCUT2D eigenvalue weighted by atomic mass is 16.1. The van der Waals surface area contributed by atoms with Gasteiger partial charge in [-0.05, 0) is 60.9 Å². The van der Waals surface area contributed by atoms with E-state index in [9.17, 15) is 4.79 Å². The molecular weight excluding hydrogens is 260 g/mol. The molecule has 1 aromatic rings. The van der Waals surface area contributed by atoms with Gasteiger partial charge in [0.15, 0.2) is 0 Å². The number of carbonyl (C=O) groups is 1. The molecule has 3 heteroatoms. The third kappa shape index (κ3) is 4.10. The van der Waals surface area contributed by atoms with Crippen molar-refractivity contribution in [2.24, 2.45) is 5.73 Å². The lowest BCUT2D eigenvalue weighted by atomic mass is 9.93. The zero-order chi connectivity index (χ0) is 15.2. The van der Waals surface area contributed by atoms with E-state index in [0.29, 0.717) is 5.92 Å². The second-order valence-corrected chi connectivity index (χ2v) is 5.91. The Morgan fingerprint density at radius 1 is 1.33 bits per heavy atom. The van der Waals surface area contributed by atoms with Crippen LogP contribution < -0.4 is 10.6 Å². The lowest BCUT2D eigenvalue weighted by Crippen LogP contribution is -2.30. The van der Waals surface area contributed by atoms with Gasteiger partial charge in [0.1, 0.15) is 0 Å². The Morgan fingerprint density at radius 3 is 2.67 bits per heavy atom. The SMILES string of the molecule is CCC(C)c1cc(/C=C\C(N)=O)ccc1N1CCCCC1. The zero-order valence-electron chi connectivity index (χ0n) is 13.1. The van der Waals surface area contributed by atoms with Crippen molar-refractivity contribution in [3.05, 3.63) is 35.4 Å². The highest BCUT2D eigenvalue weighted by Crippen LogP contribution is 2.32. The van der Waals surface area contributed by atoms with Crippen molar-refractivity contribution in [2.75, 3.05) is 18.0 Å². The maximum Gasteiger partial charge on any atom is 0.241 e. The van der Waals surface area contributed by atoms with Crippen LogP contribution in [-0.4, -0.2) is 19.0 Å². The fraction of sp³-hybridized carbons (Fsp3) is 0.500. The summed E-state index contributed by atoms with van der Waals surface area (Å²) in [6.07, 6.45) is 8.25. The van der Waals surface area contributed by atoms with Crippen molar-refractivity contribution < 1.29 is 4.79 Å². The first-order valence-corrected chi connectivity index (χ1v) is 7.98. The van der Waals surface area contributed by atoms with Crippen LogP contribution in [0.3, 0.4) is 0 Å². The summed E-state index contributed by atoms with van der Waals surface area (Å²) in [5.41, 5.74) is 8.97. The molecule has 1 aromatic carbocycles. The van der Waals surface area contributed by atoms with Gasteiger partial charge in [0.2, 0.25) is 5.91 Å². The van der Waals surface area contributed by atoms with Crippen LogP contribution in [0.15, 0.2) is 24.3 Å². The van der Waals surface area contributed by atoms with Crippen molar-refractivity contribution in [3.8, 4) is 0 Å². The van der Waals surface area contributed by atoms with E-state index in [1.165, 1.54) is 36.6 Å². The topological polar surface area (TPSA) is 46.3 Å². The molecule has 2 rings (SSSR count). The van der Waals surface area contributed by atoms with Gasteiger partial charge in [-0.15, -0.1) is 0 Å². The van der Waals surface area contributed by atoms with Gasteiger partial charge in [0, 0.05) is 24.9 Å². The van der Waals surface area contributed by atoms with E-state index in [1.807, 2.05) is 0 Å². The molecule has 1 saturated heterocycles. The summed E-state index contributed by atoms with van der Waals surface area (Å²) in [5, 5.41) is 0. The molecule has 3 nitrogen and oxygen atoms in total. The fourth-order valence-electron chi connectivity index (χ4n) is 2.89. The van der Waals surface area contributed by atoms with Crippen molar-refractivity contribution in [3.63, 3.8) is 0 Å². The van der Waals surface area contributed by atoms with Crippen molar-refractivity contribution in [2.45, 2.75) is 45.4 Å². The first-order chi connectivity index (χ1) is 10.1. The molecule has 1 heterocycles. The van der Waals surface area contributed by atoms with E-state index in [1.54, 1.807) is 6.08 Å². The van der Waals surface area contributed by atoms with E-state index >= 15 is 0 Å². The van der Waals surface area contributed by atoms with Crippen LogP contribution in [0.5, 0.6) is 0 Å². The van der Waals surface area contributed by atoms with Gasteiger partial charge >= 0.3 is 0 Å². The molecule has 0 radical (unpaired) electrons. The van der Waals surface area contributed by atoms with Crippen LogP contribution >= 0.6 is 0 Å². The van der Waals surface area contributed by atoms with E-state index in [2.05, 4.69) is 36.9 Å². The first-order valence-electron chi connectivity index (χ1n) is 7.98. The van der Waals surface area contributed by atoms with Crippen molar-refractivity contribution in [1.29, 1.82) is 0 Å². The molecule has 1 atom stereocenters. The zero-order valence-corrected chi connectivity index (χ0v) is 13.1. The Labute approximate surface area is 127 Å². The third-order valence-corrected chi connectivity index (χ3v) is 4.33. The maximum atomic E-state index is 10.9. The van der Waals surface area contributed by atoms with Gasteiger partial charge in [-0.25, -0.2) is 0 Å². The van der Waals surface area contributed by atoms with Crippen LogP contribution in [0.4, 0.5) is 5.69 Å². The molecule has 1 aliphatic rings. The van der Waals surface area contributed by atoms with Gasteiger partial charge in [-0.3, -0.25) is 4.79 Å². The standard InChI is InChI=1S/C18H26N2O/c1-3-14(2)16-13-15(8-10-18(19)21)7-9-17(16)20-11-5-4-6-12-20/h7-10,13-14H,3-6,11-12H2,1-2H3,(H2,19,21)/b10-8-. The minimum Gasteiger partial charge on any atom is -0.371 e. The molecule has 1 aliphatic heterocycles. The molecule has 114 valence electrons. The van der Waals surface area contributed by atoms with Gasteiger partial charge in [-0.1, -0.05) is 19.9 Å². The van der Waals surface area contributed by atoms with Gasteiger partial charge in [0.05, 0.1) is 0 Å². The quantitative estimate of drug-likeness (QED) is 0.839. The summed E-state index contributed by atoms with van der Waals surface area (Å²) in [6, 6.07) is 6.49. The second-order valence-electron chi connectivity index (χ2n) is 5.91. The molecule has 0 aliphatic carbocycles. The Bertz CT molecular complexity index is 516. The summed E-state index contributed by atoms with van der Waals surface area (Å²) in [6.45, 7) is 6.79. The molecule has 1 amide bonds. The summed E-state index contributed by atoms with van der Waals surface area (Å²) in [7, 11) is 0. The average Bonchev–Trinajstić information content (AvgIpc) is 2.52. The van der Waals surface area contributed by atoms with Crippen LogP contribution in [0, 0.1) is 0 Å². The molecule has 0 saturated carbocycles. The lowest BCUT2D eigenvalue weighted by Gasteiger charge is -2.32. The van der Waals surface area contributed by atoms with Gasteiger partial charge in [-0.2, -0.15) is 0 Å². The van der Waals surface area contributed by atoms with Gasteiger partial charge in [0.25, 0.3) is 0 Å². The van der Waals surface area contributed by atoms with E-state index in [4.69, 9.17) is 5.73 Å². The number of piperidine rings is 1. The summed E-state index contributed by atoms with van der Waals surface area (Å²) >= 11 is 0. The van der Waals surface area contributed by atoms with Crippen LogP contribution in [0.1, 0.15) is 56.6 Å². The summed E-state index contributed by atoms with van der Waals surface area (Å²) in [5.74, 6) is 0.115. The van der Waals surface area contributed by atoms with E-state index < -0.39 is 5.91 Å². The lowest BCUT2D eigenvalue weighted by molar-refractivity contribution is -0.113. The Kier molecular flexibility index (Phi) is 5.43. The largest absolute Gasteiger partial charge is 0.371 e. The minimum atomic E-state index is -0.403. The monoisotopic (exact) mass is 286 g/mol. The minimum absolute atomic E-state index is 0.403. The number of anilines is 1. The molecular formula is C18H26N2O. The predicted molar refractivity (Wildman–Crippen MR) is 89.4 cm³/mol. The summed E-state index contributed by atoms with van der Waals surface area (Å²) in [4.78, 5) is 13.4. The average molecular weight is 286 g/mol. The number of nitrogens with zero attached hydrogens (tertiary/aromatic N) is 1. The Morgan fingerprint density at radius 2 is 2.05 bits per heavy atom. The normalized spacial score (nSPS) is 17.1. The number of primary amides is 1. The van der Waals surface area contributed by atoms with Crippen LogP contribution in [0.25, 0.3) is 6.08 Å². The van der Waals surface area contributed by atoms with Crippen molar-refractivity contribution in [1.82, 2.24) is 0 Å². The number of rotatable bonds is 5. The molecule has 0 aromatic heterocycles. The molecule has 1 fully saturated rings. The Balaban J connectivity index is 2.32. The highest BCUT2D eigenvalue weighted by molar-refractivity contribution is 5.90. The highest BCUT2D eigenvalue weighted by Gasteiger charge is 2.17. The number of hydrogen-bond donors (Lipinski definition) is 1. The number of amides is 1. The van der Waals surface area contributed by atoms with E-state index in [-0.39, 0.29) is 0 Å². The molecule has 2 N–H and O–H groups in total. The third-order valence-electron chi connectivity index (χ3n) is 4.33. The molecule has 21 heavy (non-hydrogen) atoms. The summed E-state index contributed by atoms with van der Waals surface area (Å²) < 4.78 is 0. The van der Waals surface area contributed by atoms with Crippen LogP contribution in [-0.2, 0) is 4.79 Å². The number of hydrogen-bond acceptors (Lipinski definition) is 2. The second kappa shape index (κ2) is 7.30. The maximum absolute atomic E-state index is 10.9. The predicted octanol–water partition coefficient (Wildman–Crippen LogP) is 3.69. The van der Waals surface area contributed by atoms with Gasteiger partial charge < -0.3 is 10.6 Å². The smallest absolute Gasteiger partial charge is 0.241 e. The number of benzene rings is 1. The Hall–Kier alpha value is -1.77. The molecule has 0 spiro atoms. The molecule has 0 bridgehead atoms. The fourth-order valence-corrected chi connectivity index (χ4v) is 2.89. The first kappa shape index (κ1) is 15.6. The molecule has 1 unspecified atom stereocenters. The van der Waals surface area contributed by atoms with E-state index in [0.717, 1.165) is 25.1 Å². The van der Waals surface area contributed by atoms with Crippen LogP contribution in [0.2, 0.25) is 0 Å². The number of carbonyl (C=O) groups excluding carboxylic acids is 1. The van der Waals surface area contributed by atoms with Crippen molar-refractivity contribution >= 4 is 17.7 Å². The number of nitrogens with two attached hydrogens (primary N) is 1.